The van der Waals surface area contributed by atoms with Gasteiger partial charge in [0.15, 0.2) is 0 Å². The van der Waals surface area contributed by atoms with Gasteiger partial charge in [-0.25, -0.2) is 0 Å². The summed E-state index contributed by atoms with van der Waals surface area (Å²) in [4.78, 5) is 0. The van der Waals surface area contributed by atoms with Gasteiger partial charge in [0.25, 0.3) is 0 Å². The van der Waals surface area contributed by atoms with E-state index in [0.29, 0.717) is 24.5 Å². The fourth-order valence-electron chi connectivity index (χ4n) is 3.10. The summed E-state index contributed by atoms with van der Waals surface area (Å²) >= 11 is 5.84. The first-order valence-electron chi connectivity index (χ1n) is 6.30. The number of rotatable bonds is 3. The van der Waals surface area contributed by atoms with Crippen molar-refractivity contribution < 1.29 is 9.84 Å². The Bertz CT molecular complexity index is 390. The molecular weight excluding hydrogens is 236 g/mol. The molecule has 3 heteroatoms. The lowest BCUT2D eigenvalue weighted by atomic mass is 9.83. The molecule has 2 aliphatic heterocycles. The molecule has 0 amide bonds. The molecule has 4 atom stereocenters. The monoisotopic (exact) mass is 252 g/mol. The lowest BCUT2D eigenvalue weighted by Gasteiger charge is -2.24. The van der Waals surface area contributed by atoms with Crippen molar-refractivity contribution in [3.63, 3.8) is 0 Å². The molecule has 0 radical (unpaired) electrons. The van der Waals surface area contributed by atoms with E-state index >= 15 is 0 Å². The van der Waals surface area contributed by atoms with Crippen LogP contribution in [0.2, 0.25) is 5.02 Å². The van der Waals surface area contributed by atoms with Crippen LogP contribution in [0.4, 0.5) is 0 Å². The first-order chi connectivity index (χ1) is 8.22. The molecule has 0 spiro atoms. The van der Waals surface area contributed by atoms with E-state index in [2.05, 4.69) is 0 Å². The lowest BCUT2D eigenvalue weighted by Crippen LogP contribution is -2.30. The minimum atomic E-state index is -0.286. The first-order valence-corrected chi connectivity index (χ1v) is 6.68. The number of hydrogen-bond acceptors (Lipinski definition) is 2. The molecule has 0 aromatic heterocycles. The minimum absolute atomic E-state index is 0.286. The van der Waals surface area contributed by atoms with Crippen molar-refractivity contribution in [3.8, 4) is 0 Å². The highest BCUT2D eigenvalue weighted by Crippen LogP contribution is 2.40. The minimum Gasteiger partial charge on any atom is -0.392 e. The number of aliphatic hydroxyl groups is 1. The SMILES string of the molecule is OC(Cc1ccc(Cl)cc1)C1CC2CCC1O2. The van der Waals surface area contributed by atoms with E-state index in [9.17, 15) is 5.11 Å². The molecular formula is C14H17ClO2. The van der Waals surface area contributed by atoms with Gasteiger partial charge in [-0.05, 0) is 43.4 Å². The van der Waals surface area contributed by atoms with Crippen molar-refractivity contribution in [1.82, 2.24) is 0 Å². The zero-order chi connectivity index (χ0) is 11.8. The van der Waals surface area contributed by atoms with E-state index in [4.69, 9.17) is 16.3 Å². The number of hydrogen-bond donors (Lipinski definition) is 1. The second kappa shape index (κ2) is 4.60. The zero-order valence-electron chi connectivity index (χ0n) is 9.68. The molecule has 3 rings (SSSR count). The van der Waals surface area contributed by atoms with Gasteiger partial charge in [-0.3, -0.25) is 0 Å². The molecule has 2 heterocycles. The largest absolute Gasteiger partial charge is 0.392 e. The molecule has 2 nitrogen and oxygen atoms in total. The Labute approximate surface area is 107 Å². The van der Waals surface area contributed by atoms with Gasteiger partial charge in [0.05, 0.1) is 18.3 Å². The van der Waals surface area contributed by atoms with E-state index in [1.165, 1.54) is 6.42 Å². The van der Waals surface area contributed by atoms with Gasteiger partial charge in [0, 0.05) is 10.9 Å². The third-order valence-corrected chi connectivity index (χ3v) is 4.26. The lowest BCUT2D eigenvalue weighted by molar-refractivity contribution is 0.0432. The van der Waals surface area contributed by atoms with Crippen LogP contribution >= 0.6 is 11.6 Å². The molecule has 2 saturated heterocycles. The Morgan fingerprint density at radius 1 is 1.29 bits per heavy atom. The summed E-state index contributed by atoms with van der Waals surface area (Å²) in [7, 11) is 0. The highest BCUT2D eigenvalue weighted by molar-refractivity contribution is 6.30. The summed E-state index contributed by atoms with van der Waals surface area (Å²) in [5.41, 5.74) is 1.14. The summed E-state index contributed by atoms with van der Waals surface area (Å²) < 4.78 is 5.78. The maximum absolute atomic E-state index is 10.3. The van der Waals surface area contributed by atoms with Gasteiger partial charge in [-0.15, -0.1) is 0 Å². The molecule has 2 fully saturated rings. The summed E-state index contributed by atoms with van der Waals surface area (Å²) in [6.45, 7) is 0. The molecule has 0 saturated carbocycles. The summed E-state index contributed by atoms with van der Waals surface area (Å²) in [6.07, 6.45) is 4.44. The Balaban J connectivity index is 1.63. The number of halogens is 1. The molecule has 92 valence electrons. The van der Waals surface area contributed by atoms with Crippen molar-refractivity contribution in [2.75, 3.05) is 0 Å². The Morgan fingerprint density at radius 3 is 2.65 bits per heavy atom. The number of benzene rings is 1. The topological polar surface area (TPSA) is 29.5 Å². The molecule has 17 heavy (non-hydrogen) atoms. The smallest absolute Gasteiger partial charge is 0.0634 e. The van der Waals surface area contributed by atoms with Crippen LogP contribution in [-0.2, 0) is 11.2 Å². The fourth-order valence-corrected chi connectivity index (χ4v) is 3.22. The number of ether oxygens (including phenoxy) is 1. The van der Waals surface area contributed by atoms with Crippen LogP contribution in [0.15, 0.2) is 24.3 Å². The predicted octanol–water partition coefficient (Wildman–Crippen LogP) is 2.81. The molecule has 1 aromatic rings. The van der Waals surface area contributed by atoms with Crippen molar-refractivity contribution in [1.29, 1.82) is 0 Å². The normalized spacial score (nSPS) is 32.9. The van der Waals surface area contributed by atoms with Gasteiger partial charge in [-0.1, -0.05) is 23.7 Å². The molecule has 2 bridgehead atoms. The zero-order valence-corrected chi connectivity index (χ0v) is 10.4. The molecule has 0 aliphatic carbocycles. The Morgan fingerprint density at radius 2 is 2.06 bits per heavy atom. The average molecular weight is 253 g/mol. The van der Waals surface area contributed by atoms with E-state index in [1.54, 1.807) is 0 Å². The van der Waals surface area contributed by atoms with Crippen molar-refractivity contribution in [2.45, 2.75) is 44.0 Å². The van der Waals surface area contributed by atoms with Crippen LogP contribution in [-0.4, -0.2) is 23.4 Å². The third-order valence-electron chi connectivity index (χ3n) is 4.01. The van der Waals surface area contributed by atoms with Crippen LogP contribution in [0.3, 0.4) is 0 Å². The van der Waals surface area contributed by atoms with Crippen LogP contribution < -0.4 is 0 Å². The van der Waals surface area contributed by atoms with E-state index < -0.39 is 0 Å². The maximum Gasteiger partial charge on any atom is 0.0634 e. The summed E-state index contributed by atoms with van der Waals surface area (Å²) in [5, 5.41) is 11.0. The quantitative estimate of drug-likeness (QED) is 0.897. The van der Waals surface area contributed by atoms with Gasteiger partial charge in [0.1, 0.15) is 0 Å². The standard InChI is InChI=1S/C14H17ClO2/c15-10-3-1-9(2-4-10)7-13(16)12-8-11-5-6-14(12)17-11/h1-4,11-14,16H,5-8H2. The second-order valence-corrected chi connectivity index (χ2v) is 5.61. The highest BCUT2D eigenvalue weighted by atomic mass is 35.5. The van der Waals surface area contributed by atoms with Crippen molar-refractivity contribution in [3.05, 3.63) is 34.9 Å². The van der Waals surface area contributed by atoms with Crippen LogP contribution in [0.5, 0.6) is 0 Å². The first kappa shape index (κ1) is 11.5. The van der Waals surface area contributed by atoms with E-state index in [0.717, 1.165) is 23.4 Å². The van der Waals surface area contributed by atoms with Crippen LogP contribution in [0.25, 0.3) is 0 Å². The van der Waals surface area contributed by atoms with Crippen molar-refractivity contribution in [2.24, 2.45) is 5.92 Å². The van der Waals surface area contributed by atoms with Gasteiger partial charge < -0.3 is 9.84 Å². The summed E-state index contributed by atoms with van der Waals surface area (Å²) in [5.74, 6) is 0.324. The van der Waals surface area contributed by atoms with Gasteiger partial charge in [0.2, 0.25) is 0 Å². The molecule has 1 N–H and O–H groups in total. The highest BCUT2D eigenvalue weighted by Gasteiger charge is 2.43. The summed E-state index contributed by atoms with van der Waals surface area (Å²) in [6, 6.07) is 7.72. The number of fused-ring (bicyclic) bond motifs is 2. The van der Waals surface area contributed by atoms with Crippen molar-refractivity contribution >= 4 is 11.6 Å². The maximum atomic E-state index is 10.3. The van der Waals surface area contributed by atoms with E-state index in [1.807, 2.05) is 24.3 Å². The fraction of sp³-hybridized carbons (Fsp3) is 0.571. The molecule has 1 aromatic carbocycles. The second-order valence-electron chi connectivity index (χ2n) is 5.17. The average Bonchev–Trinajstić information content (AvgIpc) is 2.94. The third kappa shape index (κ3) is 2.35. The Hall–Kier alpha value is -0.570. The Kier molecular flexibility index (Phi) is 3.12. The number of aliphatic hydroxyl groups excluding tert-OH is 1. The van der Waals surface area contributed by atoms with Crippen LogP contribution in [0.1, 0.15) is 24.8 Å². The predicted molar refractivity (Wildman–Crippen MR) is 67.2 cm³/mol. The van der Waals surface area contributed by atoms with Gasteiger partial charge >= 0.3 is 0 Å². The molecule has 2 aliphatic rings. The molecule has 4 unspecified atom stereocenters. The van der Waals surface area contributed by atoms with E-state index in [-0.39, 0.29) is 6.10 Å². The van der Waals surface area contributed by atoms with Crippen LogP contribution in [0, 0.1) is 5.92 Å². The van der Waals surface area contributed by atoms with Gasteiger partial charge in [-0.2, -0.15) is 0 Å².